The van der Waals surface area contributed by atoms with Gasteiger partial charge in [-0.1, -0.05) is 12.1 Å². The number of carbonyl (C=O) groups is 2. The van der Waals surface area contributed by atoms with Crippen LogP contribution in [0.2, 0.25) is 0 Å². The van der Waals surface area contributed by atoms with Crippen molar-refractivity contribution >= 4 is 28.8 Å². The molecular weight excluding hydrogens is 324 g/mol. The third-order valence-electron chi connectivity index (χ3n) is 3.92. The Morgan fingerprint density at radius 3 is 2.83 bits per heavy atom. The molecule has 2 N–H and O–H groups in total. The first-order valence-electron chi connectivity index (χ1n) is 7.99. The summed E-state index contributed by atoms with van der Waals surface area (Å²) in [5.41, 5.74) is 0.637. The van der Waals surface area contributed by atoms with Gasteiger partial charge in [0.2, 0.25) is 0 Å². The molecule has 0 spiro atoms. The summed E-state index contributed by atoms with van der Waals surface area (Å²) in [6, 6.07) is 10.9. The zero-order valence-electron chi connectivity index (χ0n) is 13.5. The second-order valence-corrected chi connectivity index (χ2v) is 6.89. The number of thiophene rings is 1. The number of hydrogen-bond donors (Lipinski definition) is 2. The van der Waals surface area contributed by atoms with Crippen molar-refractivity contribution in [3.63, 3.8) is 0 Å². The fraction of sp³-hybridized carbons (Fsp3) is 0.333. The van der Waals surface area contributed by atoms with Crippen LogP contribution in [0, 0.1) is 5.92 Å². The summed E-state index contributed by atoms with van der Waals surface area (Å²) < 4.78 is 5.52. The zero-order valence-corrected chi connectivity index (χ0v) is 14.3. The van der Waals surface area contributed by atoms with Gasteiger partial charge < -0.3 is 15.4 Å². The van der Waals surface area contributed by atoms with Crippen molar-refractivity contribution < 1.29 is 14.3 Å². The van der Waals surface area contributed by atoms with Gasteiger partial charge in [-0.15, -0.1) is 11.3 Å². The van der Waals surface area contributed by atoms with Crippen LogP contribution >= 0.6 is 11.3 Å². The van der Waals surface area contributed by atoms with Gasteiger partial charge in [-0.2, -0.15) is 0 Å². The Morgan fingerprint density at radius 1 is 1.29 bits per heavy atom. The summed E-state index contributed by atoms with van der Waals surface area (Å²) in [5.74, 6) is 0.888. The van der Waals surface area contributed by atoms with Gasteiger partial charge in [0.25, 0.3) is 11.8 Å². The molecule has 1 aliphatic rings. The zero-order chi connectivity index (χ0) is 16.9. The summed E-state index contributed by atoms with van der Waals surface area (Å²) in [5, 5.41) is 7.62. The second-order valence-electron chi connectivity index (χ2n) is 5.94. The number of amides is 2. The van der Waals surface area contributed by atoms with Crippen LogP contribution < -0.4 is 15.4 Å². The molecule has 1 saturated carbocycles. The van der Waals surface area contributed by atoms with E-state index in [4.69, 9.17) is 4.74 Å². The van der Waals surface area contributed by atoms with E-state index < -0.39 is 0 Å². The van der Waals surface area contributed by atoms with Crippen molar-refractivity contribution in [1.29, 1.82) is 0 Å². The molecule has 2 amide bonds. The van der Waals surface area contributed by atoms with Crippen LogP contribution in [0.15, 0.2) is 41.8 Å². The highest BCUT2D eigenvalue weighted by Crippen LogP contribution is 2.32. The third kappa shape index (κ3) is 4.58. The number of rotatable bonds is 7. The van der Waals surface area contributed by atoms with Gasteiger partial charge in [-0.05, 0) is 49.3 Å². The van der Waals surface area contributed by atoms with Gasteiger partial charge in [0.1, 0.15) is 5.75 Å². The first kappa shape index (κ1) is 16.5. The minimum atomic E-state index is -0.154. The molecule has 0 saturated heterocycles. The van der Waals surface area contributed by atoms with Crippen molar-refractivity contribution in [2.24, 2.45) is 5.92 Å². The van der Waals surface area contributed by atoms with E-state index in [0.717, 1.165) is 0 Å². The fourth-order valence-corrected chi connectivity index (χ4v) is 3.04. The molecule has 5 nitrogen and oxygen atoms in total. The topological polar surface area (TPSA) is 67.4 Å². The maximum absolute atomic E-state index is 12.0. The smallest absolute Gasteiger partial charge is 0.265 e. The van der Waals surface area contributed by atoms with E-state index in [0.29, 0.717) is 22.2 Å². The lowest BCUT2D eigenvalue weighted by Gasteiger charge is -2.13. The maximum atomic E-state index is 12.0. The molecule has 2 aromatic rings. The molecule has 0 bridgehead atoms. The molecule has 1 atom stereocenters. The molecule has 0 radical (unpaired) electrons. The maximum Gasteiger partial charge on any atom is 0.265 e. The van der Waals surface area contributed by atoms with Crippen molar-refractivity contribution in [2.75, 3.05) is 11.9 Å². The number of hydrogen-bond acceptors (Lipinski definition) is 4. The van der Waals surface area contributed by atoms with Crippen molar-refractivity contribution in [3.05, 3.63) is 46.7 Å². The molecule has 126 valence electrons. The van der Waals surface area contributed by atoms with E-state index in [-0.39, 0.29) is 24.5 Å². The average Bonchev–Trinajstić information content (AvgIpc) is 3.28. The summed E-state index contributed by atoms with van der Waals surface area (Å²) >= 11 is 1.39. The molecule has 6 heteroatoms. The van der Waals surface area contributed by atoms with E-state index in [9.17, 15) is 9.59 Å². The van der Waals surface area contributed by atoms with Gasteiger partial charge in [0.05, 0.1) is 4.88 Å². The minimum absolute atomic E-state index is 0.0284. The van der Waals surface area contributed by atoms with Crippen molar-refractivity contribution in [1.82, 2.24) is 5.32 Å². The Morgan fingerprint density at radius 2 is 2.12 bits per heavy atom. The van der Waals surface area contributed by atoms with Gasteiger partial charge >= 0.3 is 0 Å². The summed E-state index contributed by atoms with van der Waals surface area (Å²) in [4.78, 5) is 24.6. The van der Waals surface area contributed by atoms with Crippen LogP contribution in [0.5, 0.6) is 5.75 Å². The van der Waals surface area contributed by atoms with E-state index in [1.165, 1.54) is 24.2 Å². The summed E-state index contributed by atoms with van der Waals surface area (Å²) in [6.07, 6.45) is 2.38. The molecule has 1 aromatic carbocycles. The molecule has 1 aliphatic carbocycles. The number of ether oxygens (including phenoxy) is 1. The standard InChI is InChI=1S/C18H20N2O3S/c1-12(13-7-8-13)19-17(21)11-23-15-5-2-4-14(10-15)20-18(22)16-6-3-9-24-16/h2-6,9-10,12-13H,7-8,11H2,1H3,(H,19,21)(H,20,22)/t12-/m1/s1. The first-order chi connectivity index (χ1) is 11.6. The Hall–Kier alpha value is -2.34. The number of benzene rings is 1. The number of nitrogens with one attached hydrogen (secondary N) is 2. The average molecular weight is 344 g/mol. The SMILES string of the molecule is C[C@@H](NC(=O)COc1cccc(NC(=O)c2cccs2)c1)C1CC1. The highest BCUT2D eigenvalue weighted by molar-refractivity contribution is 7.12. The molecule has 0 unspecified atom stereocenters. The molecule has 1 aromatic heterocycles. The summed E-state index contributed by atoms with van der Waals surface area (Å²) in [6.45, 7) is 2.00. The summed E-state index contributed by atoms with van der Waals surface area (Å²) in [7, 11) is 0. The molecular formula is C18H20N2O3S. The minimum Gasteiger partial charge on any atom is -0.484 e. The van der Waals surface area contributed by atoms with Crippen molar-refractivity contribution in [3.8, 4) is 5.75 Å². The molecule has 0 aliphatic heterocycles. The predicted octanol–water partition coefficient (Wildman–Crippen LogP) is 3.29. The van der Waals surface area contributed by atoms with Gasteiger partial charge in [-0.25, -0.2) is 0 Å². The van der Waals surface area contributed by atoms with Crippen LogP contribution in [0.1, 0.15) is 29.4 Å². The fourth-order valence-electron chi connectivity index (χ4n) is 2.42. The van der Waals surface area contributed by atoms with Gasteiger partial charge in [0.15, 0.2) is 6.61 Å². The van der Waals surface area contributed by atoms with Crippen LogP contribution in [0.3, 0.4) is 0 Å². The third-order valence-corrected chi connectivity index (χ3v) is 4.79. The van der Waals surface area contributed by atoms with E-state index in [2.05, 4.69) is 10.6 Å². The van der Waals surface area contributed by atoms with E-state index in [1.54, 1.807) is 30.3 Å². The molecule has 1 fully saturated rings. The molecule has 24 heavy (non-hydrogen) atoms. The quantitative estimate of drug-likeness (QED) is 0.810. The Labute approximate surface area is 145 Å². The van der Waals surface area contributed by atoms with Crippen molar-refractivity contribution in [2.45, 2.75) is 25.8 Å². The van der Waals surface area contributed by atoms with Gasteiger partial charge in [-0.3, -0.25) is 9.59 Å². The highest BCUT2D eigenvalue weighted by Gasteiger charge is 2.28. The van der Waals surface area contributed by atoms with E-state index in [1.807, 2.05) is 18.4 Å². The largest absolute Gasteiger partial charge is 0.484 e. The van der Waals surface area contributed by atoms with Crippen LogP contribution in [0.4, 0.5) is 5.69 Å². The Balaban J connectivity index is 1.51. The highest BCUT2D eigenvalue weighted by atomic mass is 32.1. The first-order valence-corrected chi connectivity index (χ1v) is 8.87. The second kappa shape index (κ2) is 7.49. The van der Waals surface area contributed by atoms with Crippen LogP contribution in [0.25, 0.3) is 0 Å². The van der Waals surface area contributed by atoms with Gasteiger partial charge in [0, 0.05) is 17.8 Å². The lowest BCUT2D eigenvalue weighted by molar-refractivity contribution is -0.123. The van der Waals surface area contributed by atoms with Crippen LogP contribution in [-0.2, 0) is 4.79 Å². The normalized spacial score (nSPS) is 14.7. The number of anilines is 1. The number of carbonyl (C=O) groups excluding carboxylic acids is 2. The lowest BCUT2D eigenvalue weighted by Crippen LogP contribution is -2.37. The lowest BCUT2D eigenvalue weighted by atomic mass is 10.2. The van der Waals surface area contributed by atoms with E-state index >= 15 is 0 Å². The monoisotopic (exact) mass is 344 g/mol. The molecule has 1 heterocycles. The predicted molar refractivity (Wildman–Crippen MR) is 94.5 cm³/mol. The Kier molecular flexibility index (Phi) is 5.15. The van der Waals surface area contributed by atoms with Crippen LogP contribution in [-0.4, -0.2) is 24.5 Å². The molecule has 3 rings (SSSR count). The Bertz CT molecular complexity index is 711.